The lowest BCUT2D eigenvalue weighted by Gasteiger charge is -2.05. The van der Waals surface area contributed by atoms with Crippen molar-refractivity contribution in [2.24, 2.45) is 14.1 Å². The van der Waals surface area contributed by atoms with Gasteiger partial charge in [0.1, 0.15) is 5.82 Å². The van der Waals surface area contributed by atoms with Crippen LogP contribution in [0.3, 0.4) is 0 Å². The van der Waals surface area contributed by atoms with E-state index in [1.165, 1.54) is 4.68 Å². The van der Waals surface area contributed by atoms with Crippen molar-refractivity contribution in [3.63, 3.8) is 0 Å². The van der Waals surface area contributed by atoms with Gasteiger partial charge in [0.25, 0.3) is 0 Å². The molecule has 0 fully saturated rings. The van der Waals surface area contributed by atoms with E-state index in [0.29, 0.717) is 13.0 Å². The second kappa shape index (κ2) is 4.41. The molecule has 1 aromatic rings. The lowest BCUT2D eigenvalue weighted by Crippen LogP contribution is -2.21. The van der Waals surface area contributed by atoms with E-state index in [9.17, 15) is 4.79 Å². The smallest absolute Gasteiger partial charge is 0.345 e. The van der Waals surface area contributed by atoms with Crippen LogP contribution in [0.2, 0.25) is 0 Å². The molecule has 1 rings (SSSR count). The van der Waals surface area contributed by atoms with Gasteiger partial charge in [-0.05, 0) is 13.8 Å². The van der Waals surface area contributed by atoms with Crippen molar-refractivity contribution in [1.82, 2.24) is 14.3 Å². The molecule has 5 nitrogen and oxygen atoms in total. The molecule has 0 bridgehead atoms. The van der Waals surface area contributed by atoms with Gasteiger partial charge in [-0.3, -0.25) is 4.57 Å². The van der Waals surface area contributed by atoms with E-state index in [-0.39, 0.29) is 11.8 Å². The molecular weight excluding hydrogens is 182 g/mol. The number of hydrogen-bond acceptors (Lipinski definition) is 3. The zero-order valence-corrected chi connectivity index (χ0v) is 9.15. The van der Waals surface area contributed by atoms with Crippen molar-refractivity contribution in [3.8, 4) is 0 Å². The predicted molar refractivity (Wildman–Crippen MR) is 53.2 cm³/mol. The molecule has 0 spiro atoms. The molecule has 0 aliphatic rings. The molecule has 0 aliphatic carbocycles. The minimum atomic E-state index is -0.0930. The highest BCUT2D eigenvalue weighted by Gasteiger charge is 2.06. The van der Waals surface area contributed by atoms with Crippen LogP contribution in [0.1, 0.15) is 19.7 Å². The van der Waals surface area contributed by atoms with Crippen molar-refractivity contribution in [3.05, 3.63) is 16.3 Å². The first kappa shape index (κ1) is 11.0. The molecule has 1 aromatic heterocycles. The molecule has 80 valence electrons. The Balaban J connectivity index is 2.59. The Morgan fingerprint density at radius 3 is 2.50 bits per heavy atom. The number of nitrogens with zero attached hydrogens (tertiary/aromatic N) is 3. The van der Waals surface area contributed by atoms with Crippen LogP contribution in [0.25, 0.3) is 0 Å². The van der Waals surface area contributed by atoms with Crippen LogP contribution in [0.4, 0.5) is 0 Å². The van der Waals surface area contributed by atoms with Crippen molar-refractivity contribution >= 4 is 0 Å². The van der Waals surface area contributed by atoms with Gasteiger partial charge in [0, 0.05) is 20.5 Å². The van der Waals surface area contributed by atoms with Gasteiger partial charge in [0.15, 0.2) is 0 Å². The SMILES string of the molecule is CC(C)OCCc1nn(C)c(=O)n1C. The van der Waals surface area contributed by atoms with Crippen LogP contribution >= 0.6 is 0 Å². The maximum Gasteiger partial charge on any atom is 0.345 e. The average Bonchev–Trinajstić information content (AvgIpc) is 2.33. The van der Waals surface area contributed by atoms with Gasteiger partial charge in [-0.15, -0.1) is 0 Å². The summed E-state index contributed by atoms with van der Waals surface area (Å²) in [5.41, 5.74) is -0.0930. The van der Waals surface area contributed by atoms with Crippen molar-refractivity contribution in [2.75, 3.05) is 6.61 Å². The lowest BCUT2D eigenvalue weighted by atomic mass is 10.4. The predicted octanol–water partition coefficient (Wildman–Crippen LogP) is 0.0863. The Labute approximate surface area is 83.3 Å². The minimum absolute atomic E-state index is 0.0930. The van der Waals surface area contributed by atoms with Gasteiger partial charge < -0.3 is 4.74 Å². The Morgan fingerprint density at radius 1 is 1.43 bits per heavy atom. The Hall–Kier alpha value is -1.10. The summed E-state index contributed by atoms with van der Waals surface area (Å²) in [6.07, 6.45) is 0.890. The third-order valence-corrected chi connectivity index (χ3v) is 1.99. The zero-order chi connectivity index (χ0) is 10.7. The molecule has 0 saturated carbocycles. The van der Waals surface area contributed by atoms with Crippen molar-refractivity contribution in [1.29, 1.82) is 0 Å². The van der Waals surface area contributed by atoms with E-state index in [4.69, 9.17) is 4.74 Å². The number of aryl methyl sites for hydroxylation is 1. The van der Waals surface area contributed by atoms with Gasteiger partial charge in [-0.1, -0.05) is 0 Å². The van der Waals surface area contributed by atoms with E-state index in [1.54, 1.807) is 18.7 Å². The monoisotopic (exact) mass is 199 g/mol. The topological polar surface area (TPSA) is 49.1 Å². The second-order valence-electron chi connectivity index (χ2n) is 3.55. The minimum Gasteiger partial charge on any atom is -0.378 e. The van der Waals surface area contributed by atoms with Gasteiger partial charge in [-0.2, -0.15) is 5.10 Å². The summed E-state index contributed by atoms with van der Waals surface area (Å²) in [7, 11) is 3.37. The molecule has 0 N–H and O–H groups in total. The Morgan fingerprint density at radius 2 is 2.07 bits per heavy atom. The van der Waals surface area contributed by atoms with Crippen LogP contribution in [0, 0.1) is 0 Å². The molecule has 0 radical (unpaired) electrons. The van der Waals surface area contributed by atoms with E-state index >= 15 is 0 Å². The molecule has 5 heteroatoms. The molecule has 1 heterocycles. The Bertz CT molecular complexity index is 351. The van der Waals surface area contributed by atoms with Crippen LogP contribution < -0.4 is 5.69 Å². The van der Waals surface area contributed by atoms with E-state index in [1.807, 2.05) is 13.8 Å². The first-order chi connectivity index (χ1) is 6.52. The van der Waals surface area contributed by atoms with Gasteiger partial charge in [0.2, 0.25) is 0 Å². The fourth-order valence-corrected chi connectivity index (χ4v) is 1.21. The maximum absolute atomic E-state index is 11.3. The fraction of sp³-hybridized carbons (Fsp3) is 0.778. The Kier molecular flexibility index (Phi) is 3.46. The molecular formula is C9H17N3O2. The second-order valence-corrected chi connectivity index (χ2v) is 3.55. The first-order valence-electron chi connectivity index (χ1n) is 4.73. The highest BCUT2D eigenvalue weighted by molar-refractivity contribution is 4.86. The first-order valence-corrected chi connectivity index (χ1v) is 4.73. The summed E-state index contributed by atoms with van der Waals surface area (Å²) < 4.78 is 8.27. The summed E-state index contributed by atoms with van der Waals surface area (Å²) in [6, 6.07) is 0. The summed E-state index contributed by atoms with van der Waals surface area (Å²) in [5, 5.41) is 4.09. The largest absolute Gasteiger partial charge is 0.378 e. The van der Waals surface area contributed by atoms with Crippen LogP contribution in [-0.2, 0) is 25.3 Å². The normalized spacial score (nSPS) is 11.2. The number of ether oxygens (including phenoxy) is 1. The van der Waals surface area contributed by atoms with E-state index in [2.05, 4.69) is 5.10 Å². The van der Waals surface area contributed by atoms with Gasteiger partial charge in [0.05, 0.1) is 12.7 Å². The number of hydrogen-bond donors (Lipinski definition) is 0. The maximum atomic E-state index is 11.3. The highest BCUT2D eigenvalue weighted by atomic mass is 16.5. The third kappa shape index (κ3) is 2.45. The molecule has 0 unspecified atom stereocenters. The molecule has 0 amide bonds. The summed E-state index contributed by atoms with van der Waals surface area (Å²) in [4.78, 5) is 11.3. The van der Waals surface area contributed by atoms with Crippen molar-refractivity contribution in [2.45, 2.75) is 26.4 Å². The van der Waals surface area contributed by atoms with Gasteiger partial charge in [-0.25, -0.2) is 9.48 Å². The van der Waals surface area contributed by atoms with Crippen LogP contribution in [0.5, 0.6) is 0 Å². The summed E-state index contributed by atoms with van der Waals surface area (Å²) >= 11 is 0. The quantitative estimate of drug-likeness (QED) is 0.690. The molecule has 0 aliphatic heterocycles. The van der Waals surface area contributed by atoms with E-state index < -0.39 is 0 Å². The number of rotatable bonds is 4. The standard InChI is InChI=1S/C9H17N3O2/c1-7(2)14-6-5-8-10-12(4)9(13)11(8)3/h7H,5-6H2,1-4H3. The lowest BCUT2D eigenvalue weighted by molar-refractivity contribution is 0.0800. The third-order valence-electron chi connectivity index (χ3n) is 1.99. The molecule has 0 aromatic carbocycles. The molecule has 14 heavy (non-hydrogen) atoms. The summed E-state index contributed by atoms with van der Waals surface area (Å²) in [5.74, 6) is 0.762. The zero-order valence-electron chi connectivity index (χ0n) is 9.15. The molecule has 0 atom stereocenters. The average molecular weight is 199 g/mol. The van der Waals surface area contributed by atoms with E-state index in [0.717, 1.165) is 5.82 Å². The van der Waals surface area contributed by atoms with Gasteiger partial charge >= 0.3 is 5.69 Å². The number of aromatic nitrogens is 3. The summed E-state index contributed by atoms with van der Waals surface area (Å²) in [6.45, 7) is 4.57. The van der Waals surface area contributed by atoms with Crippen molar-refractivity contribution < 1.29 is 4.74 Å². The van der Waals surface area contributed by atoms with Crippen LogP contribution in [-0.4, -0.2) is 27.1 Å². The fourth-order valence-electron chi connectivity index (χ4n) is 1.21. The van der Waals surface area contributed by atoms with Crippen LogP contribution in [0.15, 0.2) is 4.79 Å². The molecule has 0 saturated heterocycles. The highest BCUT2D eigenvalue weighted by Crippen LogP contribution is 1.94.